The van der Waals surface area contributed by atoms with Crippen LogP contribution in [0.3, 0.4) is 0 Å². The first-order chi connectivity index (χ1) is 13.4. The fourth-order valence-corrected chi connectivity index (χ4v) is 2.58. The molecule has 146 valence electrons. The molecule has 1 unspecified atom stereocenters. The van der Waals surface area contributed by atoms with Gasteiger partial charge in [0.15, 0.2) is 0 Å². The van der Waals surface area contributed by atoms with Gasteiger partial charge in [-0.1, -0.05) is 36.4 Å². The maximum absolute atomic E-state index is 12.7. The number of alkyl halides is 3. The number of anilines is 1. The number of nitrogens with zero attached hydrogens (tertiary/aromatic N) is 2. The highest BCUT2D eigenvalue weighted by Gasteiger charge is 2.32. The highest BCUT2D eigenvalue weighted by atomic mass is 19.4. The van der Waals surface area contributed by atoms with Gasteiger partial charge in [-0.2, -0.15) is 18.3 Å². The number of rotatable bonds is 5. The number of urea groups is 1. The van der Waals surface area contributed by atoms with Crippen molar-refractivity contribution in [2.24, 2.45) is 0 Å². The van der Waals surface area contributed by atoms with Crippen molar-refractivity contribution >= 4 is 11.7 Å². The third kappa shape index (κ3) is 4.68. The summed E-state index contributed by atoms with van der Waals surface area (Å²) in [4.78, 5) is 12.2. The van der Waals surface area contributed by atoms with Gasteiger partial charge in [0.05, 0.1) is 30.1 Å². The van der Waals surface area contributed by atoms with Gasteiger partial charge in [-0.25, -0.2) is 9.48 Å². The number of amides is 2. The Kier molecular flexibility index (Phi) is 5.65. The minimum atomic E-state index is -4.48. The van der Waals surface area contributed by atoms with Gasteiger partial charge in [-0.15, -0.1) is 0 Å². The Morgan fingerprint density at radius 1 is 1.14 bits per heavy atom. The molecule has 3 N–H and O–H groups in total. The van der Waals surface area contributed by atoms with Crippen molar-refractivity contribution in [3.05, 3.63) is 78.1 Å². The topological polar surface area (TPSA) is 79.2 Å². The number of carbonyl (C=O) groups excluding carboxylic acids is 1. The van der Waals surface area contributed by atoms with Crippen molar-refractivity contribution < 1.29 is 23.1 Å². The average molecular weight is 390 g/mol. The van der Waals surface area contributed by atoms with Crippen LogP contribution in [0.4, 0.5) is 23.7 Å². The third-order valence-electron chi connectivity index (χ3n) is 3.97. The van der Waals surface area contributed by atoms with E-state index in [9.17, 15) is 23.1 Å². The lowest BCUT2D eigenvalue weighted by atomic mass is 10.1. The van der Waals surface area contributed by atoms with Gasteiger partial charge >= 0.3 is 12.2 Å². The lowest BCUT2D eigenvalue weighted by molar-refractivity contribution is -0.137. The van der Waals surface area contributed by atoms with E-state index in [0.717, 1.165) is 22.6 Å². The number of aromatic nitrogens is 2. The molecule has 0 saturated carbocycles. The van der Waals surface area contributed by atoms with Crippen LogP contribution in [-0.2, 0) is 6.18 Å². The Hall–Kier alpha value is -3.33. The van der Waals surface area contributed by atoms with Crippen LogP contribution >= 0.6 is 0 Å². The Morgan fingerprint density at radius 3 is 2.54 bits per heavy atom. The number of halogens is 3. The summed E-state index contributed by atoms with van der Waals surface area (Å²) in [6.07, 6.45) is -2.88. The molecule has 3 rings (SSSR count). The molecule has 0 aliphatic rings. The number of aliphatic hydroxyl groups is 1. The fourth-order valence-electron chi connectivity index (χ4n) is 2.58. The molecule has 1 aromatic heterocycles. The zero-order valence-corrected chi connectivity index (χ0v) is 14.5. The van der Waals surface area contributed by atoms with Crippen LogP contribution in [0.1, 0.15) is 17.2 Å². The van der Waals surface area contributed by atoms with Crippen molar-refractivity contribution in [3.8, 4) is 5.69 Å². The van der Waals surface area contributed by atoms with Crippen molar-refractivity contribution in [1.29, 1.82) is 0 Å². The second kappa shape index (κ2) is 8.13. The summed E-state index contributed by atoms with van der Waals surface area (Å²) in [7, 11) is 0. The van der Waals surface area contributed by atoms with Crippen LogP contribution in [0.25, 0.3) is 5.69 Å². The molecule has 28 heavy (non-hydrogen) atoms. The van der Waals surface area contributed by atoms with Gasteiger partial charge in [-0.3, -0.25) is 0 Å². The molecule has 0 saturated heterocycles. The Balaban J connectivity index is 1.70. The van der Waals surface area contributed by atoms with Crippen LogP contribution in [0.2, 0.25) is 0 Å². The summed E-state index contributed by atoms with van der Waals surface area (Å²) >= 11 is 0. The number of carbonyl (C=O) groups is 1. The predicted octanol–water partition coefficient (Wildman–Crippen LogP) is 3.75. The molecule has 0 aliphatic heterocycles. The quantitative estimate of drug-likeness (QED) is 0.621. The number of hydrogen-bond donors (Lipinski definition) is 3. The zero-order valence-electron chi connectivity index (χ0n) is 14.5. The van der Waals surface area contributed by atoms with Crippen LogP contribution < -0.4 is 10.6 Å². The van der Waals surface area contributed by atoms with Crippen molar-refractivity contribution in [2.45, 2.75) is 12.2 Å². The molecule has 9 heteroatoms. The second-order valence-corrected chi connectivity index (χ2v) is 5.97. The van der Waals surface area contributed by atoms with E-state index in [0.29, 0.717) is 11.4 Å². The van der Waals surface area contributed by atoms with Crippen molar-refractivity contribution in [1.82, 2.24) is 15.1 Å². The van der Waals surface area contributed by atoms with Gasteiger partial charge < -0.3 is 15.7 Å². The minimum Gasteiger partial charge on any atom is -0.394 e. The van der Waals surface area contributed by atoms with Crippen LogP contribution in [0, 0.1) is 0 Å². The molecule has 0 spiro atoms. The van der Waals surface area contributed by atoms with Gasteiger partial charge in [0.1, 0.15) is 0 Å². The zero-order chi connectivity index (χ0) is 20.1. The van der Waals surface area contributed by atoms with Crippen molar-refractivity contribution in [3.63, 3.8) is 0 Å². The average Bonchev–Trinajstić information content (AvgIpc) is 3.18. The highest BCUT2D eigenvalue weighted by Crippen LogP contribution is 2.29. The summed E-state index contributed by atoms with van der Waals surface area (Å²) < 4.78 is 39.2. The molecule has 0 fully saturated rings. The molecule has 0 aliphatic carbocycles. The summed E-state index contributed by atoms with van der Waals surface area (Å²) in [6.45, 7) is -0.287. The molecule has 3 aromatic rings. The lowest BCUT2D eigenvalue weighted by Gasteiger charge is -2.17. The second-order valence-electron chi connectivity index (χ2n) is 5.97. The molecule has 1 heterocycles. The summed E-state index contributed by atoms with van der Waals surface area (Å²) in [6, 6.07) is 14.0. The highest BCUT2D eigenvalue weighted by molar-refractivity contribution is 5.89. The van der Waals surface area contributed by atoms with Gasteiger partial charge in [0.25, 0.3) is 0 Å². The Labute approximate surface area is 158 Å². The Morgan fingerprint density at radius 2 is 1.89 bits per heavy atom. The summed E-state index contributed by atoms with van der Waals surface area (Å²) in [5, 5.41) is 18.5. The number of benzene rings is 2. The van der Waals surface area contributed by atoms with E-state index in [1.807, 2.05) is 6.07 Å². The molecule has 0 radical (unpaired) electrons. The number of aliphatic hydroxyl groups excluding tert-OH is 1. The van der Waals surface area contributed by atoms with E-state index in [4.69, 9.17) is 0 Å². The molecule has 2 aromatic carbocycles. The molecular weight excluding hydrogens is 373 g/mol. The normalized spacial score (nSPS) is 12.4. The molecule has 0 bridgehead atoms. The standard InChI is InChI=1S/C19H17F3N4O2/c20-19(21,22)14-10-23-26(11-14)16-8-4-7-15(9-16)24-18(28)25-17(12-27)13-5-2-1-3-6-13/h1-11,17,27H,12H2,(H2,24,25,28). The van der Waals surface area contributed by atoms with E-state index in [1.54, 1.807) is 42.5 Å². The summed E-state index contributed by atoms with van der Waals surface area (Å²) in [5.41, 5.74) is 0.598. The lowest BCUT2D eigenvalue weighted by Crippen LogP contribution is -2.34. The third-order valence-corrected chi connectivity index (χ3v) is 3.97. The molecule has 2 amide bonds. The monoisotopic (exact) mass is 390 g/mol. The SMILES string of the molecule is O=C(Nc1cccc(-n2cc(C(F)(F)F)cn2)c1)NC(CO)c1ccccc1. The first kappa shape index (κ1) is 19.4. The van der Waals surface area contributed by atoms with E-state index in [2.05, 4.69) is 15.7 Å². The fraction of sp³-hybridized carbons (Fsp3) is 0.158. The van der Waals surface area contributed by atoms with Crippen molar-refractivity contribution in [2.75, 3.05) is 11.9 Å². The van der Waals surface area contributed by atoms with Gasteiger partial charge in [0.2, 0.25) is 0 Å². The maximum atomic E-state index is 12.7. The van der Waals surface area contributed by atoms with E-state index < -0.39 is 23.8 Å². The number of nitrogens with one attached hydrogen (secondary N) is 2. The van der Waals surface area contributed by atoms with E-state index >= 15 is 0 Å². The van der Waals surface area contributed by atoms with E-state index in [-0.39, 0.29) is 6.61 Å². The predicted molar refractivity (Wildman–Crippen MR) is 97.0 cm³/mol. The van der Waals surface area contributed by atoms with Crippen LogP contribution in [0.5, 0.6) is 0 Å². The van der Waals surface area contributed by atoms with Crippen LogP contribution in [-0.4, -0.2) is 27.5 Å². The summed E-state index contributed by atoms with van der Waals surface area (Å²) in [5.74, 6) is 0. The van der Waals surface area contributed by atoms with Gasteiger partial charge in [-0.05, 0) is 23.8 Å². The number of hydrogen-bond acceptors (Lipinski definition) is 3. The van der Waals surface area contributed by atoms with E-state index in [1.165, 1.54) is 6.07 Å². The molecule has 1 atom stereocenters. The maximum Gasteiger partial charge on any atom is 0.419 e. The Bertz CT molecular complexity index is 942. The minimum absolute atomic E-state index is 0.287. The first-order valence-electron chi connectivity index (χ1n) is 8.32. The molecule has 6 nitrogen and oxygen atoms in total. The largest absolute Gasteiger partial charge is 0.419 e. The van der Waals surface area contributed by atoms with Gasteiger partial charge in [0, 0.05) is 11.9 Å². The molecular formula is C19H17F3N4O2. The van der Waals surface area contributed by atoms with Crippen LogP contribution in [0.15, 0.2) is 67.0 Å². The first-order valence-corrected chi connectivity index (χ1v) is 8.32. The smallest absolute Gasteiger partial charge is 0.394 e.